The third-order valence-corrected chi connectivity index (χ3v) is 1.69. The molecule has 14 heavy (non-hydrogen) atoms. The molecule has 0 aliphatic carbocycles. The third kappa shape index (κ3) is 3.64. The van der Waals surface area contributed by atoms with Gasteiger partial charge in [0.25, 0.3) is 0 Å². The molecule has 1 aliphatic rings. The summed E-state index contributed by atoms with van der Waals surface area (Å²) in [6.45, 7) is 5.84. The minimum Gasteiger partial charge on any atom is -0.444 e. The fraction of sp³-hybridized carbons (Fsp3) is 0.778. The molecule has 0 spiro atoms. The summed E-state index contributed by atoms with van der Waals surface area (Å²) in [5, 5.41) is 5.24. The molecule has 0 aromatic carbocycles. The highest BCUT2D eigenvalue weighted by Crippen LogP contribution is 2.07. The van der Waals surface area contributed by atoms with Crippen molar-refractivity contribution in [3.05, 3.63) is 0 Å². The quantitative estimate of drug-likeness (QED) is 0.634. The Morgan fingerprint density at radius 2 is 2.21 bits per heavy atom. The van der Waals surface area contributed by atoms with Gasteiger partial charge in [-0.15, -0.1) is 0 Å². The van der Waals surface area contributed by atoms with E-state index in [1.807, 2.05) is 0 Å². The Labute approximate surface area is 83.2 Å². The summed E-state index contributed by atoms with van der Waals surface area (Å²) in [6.07, 6.45) is 0.0362. The molecule has 0 aromatic heterocycles. The van der Waals surface area contributed by atoms with Gasteiger partial charge >= 0.3 is 6.09 Å². The molecule has 1 aliphatic heterocycles. The number of alkyl carbamates (subject to hydrolysis) is 1. The third-order valence-electron chi connectivity index (χ3n) is 1.69. The Kier molecular flexibility index (Phi) is 2.98. The Balaban J connectivity index is 2.13. The molecule has 0 saturated carbocycles. The highest BCUT2D eigenvalue weighted by atomic mass is 16.6. The topological polar surface area (TPSA) is 67.4 Å². The molecule has 0 unspecified atom stereocenters. The Bertz CT molecular complexity index is 237. The molecule has 1 fully saturated rings. The van der Waals surface area contributed by atoms with E-state index in [1.54, 1.807) is 20.8 Å². The van der Waals surface area contributed by atoms with Gasteiger partial charge in [-0.1, -0.05) is 0 Å². The van der Waals surface area contributed by atoms with Crippen molar-refractivity contribution in [1.29, 1.82) is 0 Å². The van der Waals surface area contributed by atoms with Gasteiger partial charge in [0.2, 0.25) is 5.91 Å². The molecule has 0 bridgehead atoms. The summed E-state index contributed by atoms with van der Waals surface area (Å²) in [7, 11) is 0. The largest absolute Gasteiger partial charge is 0.444 e. The minimum absolute atomic E-state index is 0.0287. The lowest BCUT2D eigenvalue weighted by molar-refractivity contribution is -0.128. The van der Waals surface area contributed by atoms with Gasteiger partial charge in [0.1, 0.15) is 5.60 Å². The number of hydrogen-bond donors (Lipinski definition) is 2. The van der Waals surface area contributed by atoms with Crippen molar-refractivity contribution >= 4 is 12.0 Å². The molecule has 1 atom stereocenters. The van der Waals surface area contributed by atoms with Crippen molar-refractivity contribution < 1.29 is 14.3 Å². The number of amides is 2. The summed E-state index contributed by atoms with van der Waals surface area (Å²) in [5.74, 6) is 0.0287. The molecule has 1 saturated heterocycles. The van der Waals surface area contributed by atoms with Crippen LogP contribution in [0.1, 0.15) is 27.2 Å². The van der Waals surface area contributed by atoms with Gasteiger partial charge in [-0.2, -0.15) is 0 Å². The summed E-state index contributed by atoms with van der Waals surface area (Å²) < 4.78 is 5.02. The first-order valence-electron chi connectivity index (χ1n) is 4.63. The molecular formula is C9H16N2O3. The molecule has 5 heteroatoms. The van der Waals surface area contributed by atoms with E-state index >= 15 is 0 Å². The zero-order valence-electron chi connectivity index (χ0n) is 8.72. The molecule has 0 radical (unpaired) electrons. The van der Waals surface area contributed by atoms with E-state index in [-0.39, 0.29) is 11.9 Å². The monoisotopic (exact) mass is 200 g/mol. The van der Waals surface area contributed by atoms with E-state index in [1.165, 1.54) is 0 Å². The van der Waals surface area contributed by atoms with E-state index in [0.717, 1.165) is 0 Å². The van der Waals surface area contributed by atoms with Gasteiger partial charge in [0.05, 0.1) is 6.04 Å². The van der Waals surface area contributed by atoms with Crippen molar-refractivity contribution in [2.75, 3.05) is 6.54 Å². The van der Waals surface area contributed by atoms with Crippen molar-refractivity contribution in [2.24, 2.45) is 0 Å². The van der Waals surface area contributed by atoms with Gasteiger partial charge in [-0.05, 0) is 20.8 Å². The first-order chi connectivity index (χ1) is 6.37. The van der Waals surface area contributed by atoms with Crippen LogP contribution in [0.25, 0.3) is 0 Å². The average Bonchev–Trinajstić information content (AvgIpc) is 1.92. The highest BCUT2D eigenvalue weighted by molar-refractivity contribution is 5.83. The van der Waals surface area contributed by atoms with Crippen LogP contribution in [0.15, 0.2) is 0 Å². The maximum atomic E-state index is 11.1. The first-order valence-corrected chi connectivity index (χ1v) is 4.63. The summed E-state index contributed by atoms with van der Waals surface area (Å²) >= 11 is 0. The maximum absolute atomic E-state index is 11.1. The van der Waals surface area contributed by atoms with Crippen molar-refractivity contribution in [3.8, 4) is 0 Å². The van der Waals surface area contributed by atoms with E-state index < -0.39 is 11.7 Å². The van der Waals surface area contributed by atoms with Crippen molar-refractivity contribution in [1.82, 2.24) is 10.6 Å². The van der Waals surface area contributed by atoms with Gasteiger partial charge in [0, 0.05) is 13.0 Å². The second-order valence-electron chi connectivity index (χ2n) is 4.35. The average molecular weight is 200 g/mol. The Hall–Kier alpha value is -1.26. The second kappa shape index (κ2) is 3.86. The van der Waals surface area contributed by atoms with Crippen molar-refractivity contribution in [2.45, 2.75) is 38.8 Å². The SMILES string of the molecule is CC(C)(C)OC(=O)NC[C@@H]1CC(=O)N1. The predicted molar refractivity (Wildman–Crippen MR) is 50.8 cm³/mol. The summed E-state index contributed by atoms with van der Waals surface area (Å²) in [4.78, 5) is 21.7. The summed E-state index contributed by atoms with van der Waals surface area (Å²) in [6, 6.07) is 0.0648. The molecule has 80 valence electrons. The molecule has 1 heterocycles. The number of nitrogens with one attached hydrogen (secondary N) is 2. The van der Waals surface area contributed by atoms with Crippen LogP contribution in [0, 0.1) is 0 Å². The normalized spacial score (nSPS) is 20.8. The number of carbonyl (C=O) groups excluding carboxylic acids is 2. The van der Waals surface area contributed by atoms with E-state index in [9.17, 15) is 9.59 Å². The van der Waals surface area contributed by atoms with Crippen LogP contribution in [0.3, 0.4) is 0 Å². The lowest BCUT2D eigenvalue weighted by Gasteiger charge is -2.27. The van der Waals surface area contributed by atoms with Crippen LogP contribution in [0.5, 0.6) is 0 Å². The zero-order chi connectivity index (χ0) is 10.8. The Morgan fingerprint density at radius 1 is 1.64 bits per heavy atom. The number of β-lactam (4-membered cyclic amide) rings is 1. The highest BCUT2D eigenvalue weighted by Gasteiger charge is 2.26. The van der Waals surface area contributed by atoms with E-state index in [2.05, 4.69) is 10.6 Å². The molecule has 5 nitrogen and oxygen atoms in total. The van der Waals surface area contributed by atoms with E-state index in [4.69, 9.17) is 4.74 Å². The fourth-order valence-corrected chi connectivity index (χ4v) is 1.07. The van der Waals surface area contributed by atoms with Crippen LogP contribution in [-0.2, 0) is 9.53 Å². The van der Waals surface area contributed by atoms with Gasteiger partial charge in [-0.3, -0.25) is 4.79 Å². The lowest BCUT2D eigenvalue weighted by atomic mass is 10.1. The number of hydrogen-bond acceptors (Lipinski definition) is 3. The lowest BCUT2D eigenvalue weighted by Crippen LogP contribution is -2.54. The number of rotatable bonds is 2. The van der Waals surface area contributed by atoms with Crippen molar-refractivity contribution in [3.63, 3.8) is 0 Å². The second-order valence-corrected chi connectivity index (χ2v) is 4.35. The van der Waals surface area contributed by atoms with Crippen LogP contribution in [0.2, 0.25) is 0 Å². The smallest absolute Gasteiger partial charge is 0.407 e. The number of carbonyl (C=O) groups is 2. The predicted octanol–water partition coefficient (Wildman–Crippen LogP) is 0.400. The van der Waals surface area contributed by atoms with Gasteiger partial charge in [0.15, 0.2) is 0 Å². The molecule has 0 aromatic rings. The molecule has 2 N–H and O–H groups in total. The van der Waals surface area contributed by atoms with E-state index in [0.29, 0.717) is 13.0 Å². The standard InChI is InChI=1S/C9H16N2O3/c1-9(2,3)14-8(13)10-5-6-4-7(12)11-6/h6H,4-5H2,1-3H3,(H,10,13)(H,11,12)/t6-/m0/s1. The first kappa shape index (κ1) is 10.8. The van der Waals surface area contributed by atoms with Crippen LogP contribution < -0.4 is 10.6 Å². The fourth-order valence-electron chi connectivity index (χ4n) is 1.07. The molecule has 1 rings (SSSR count). The van der Waals surface area contributed by atoms with Gasteiger partial charge in [-0.25, -0.2) is 4.79 Å². The van der Waals surface area contributed by atoms with Crippen LogP contribution >= 0.6 is 0 Å². The minimum atomic E-state index is -0.479. The zero-order valence-corrected chi connectivity index (χ0v) is 8.72. The summed E-state index contributed by atoms with van der Waals surface area (Å²) in [5.41, 5.74) is -0.479. The maximum Gasteiger partial charge on any atom is 0.407 e. The van der Waals surface area contributed by atoms with Crippen LogP contribution in [0.4, 0.5) is 4.79 Å². The number of ether oxygens (including phenoxy) is 1. The molecule has 2 amide bonds. The van der Waals surface area contributed by atoms with Gasteiger partial charge < -0.3 is 15.4 Å². The van der Waals surface area contributed by atoms with Crippen LogP contribution in [-0.4, -0.2) is 30.2 Å². The molecular weight excluding hydrogens is 184 g/mol. The Morgan fingerprint density at radius 3 is 2.64 bits per heavy atom.